The Balaban J connectivity index is 1.91. The standard InChI is InChI=1S/C23H15BrF3NO5S/c1-13-19-12-17(8-11-20(19)33-21(13)22(29)30)28(16-6-4-15(24)5-7-16)34(31,32)18-9-2-14(3-10-18)23(25,26)27/h2-12H,1H3,(H,29,30). The number of halogens is 4. The van der Waals surface area contributed by atoms with E-state index in [0.717, 1.165) is 16.4 Å². The summed E-state index contributed by atoms with van der Waals surface area (Å²) in [5, 5.41) is 9.71. The molecule has 176 valence electrons. The topological polar surface area (TPSA) is 87.8 Å². The molecule has 0 unspecified atom stereocenters. The van der Waals surface area contributed by atoms with Crippen LogP contribution in [0.4, 0.5) is 24.5 Å². The van der Waals surface area contributed by atoms with E-state index in [2.05, 4.69) is 15.9 Å². The summed E-state index contributed by atoms with van der Waals surface area (Å²) < 4.78 is 73.2. The van der Waals surface area contributed by atoms with Crippen LogP contribution in [0.5, 0.6) is 0 Å². The maximum absolute atomic E-state index is 13.6. The number of aryl methyl sites for hydroxylation is 1. The van der Waals surface area contributed by atoms with Gasteiger partial charge >= 0.3 is 12.1 Å². The molecule has 6 nitrogen and oxygen atoms in total. The Morgan fingerprint density at radius 2 is 1.56 bits per heavy atom. The molecule has 1 heterocycles. The van der Waals surface area contributed by atoms with Crippen LogP contribution in [-0.2, 0) is 16.2 Å². The van der Waals surface area contributed by atoms with Crippen molar-refractivity contribution in [2.75, 3.05) is 4.31 Å². The molecule has 0 aliphatic rings. The Morgan fingerprint density at radius 1 is 0.971 bits per heavy atom. The second-order valence-electron chi connectivity index (χ2n) is 7.31. The summed E-state index contributed by atoms with van der Waals surface area (Å²) in [6.07, 6.45) is -4.61. The summed E-state index contributed by atoms with van der Waals surface area (Å²) in [7, 11) is -4.37. The first-order valence-electron chi connectivity index (χ1n) is 9.64. The van der Waals surface area contributed by atoms with Gasteiger partial charge in [0.25, 0.3) is 10.0 Å². The third kappa shape index (κ3) is 4.28. The lowest BCUT2D eigenvalue weighted by molar-refractivity contribution is -0.137. The van der Waals surface area contributed by atoms with E-state index in [1.807, 2.05) is 0 Å². The Morgan fingerprint density at radius 3 is 2.12 bits per heavy atom. The van der Waals surface area contributed by atoms with Gasteiger partial charge in [0.1, 0.15) is 5.58 Å². The van der Waals surface area contributed by atoms with Crippen LogP contribution in [0.25, 0.3) is 11.0 Å². The number of carboxylic acids is 1. The molecule has 0 saturated heterocycles. The molecule has 0 amide bonds. The van der Waals surface area contributed by atoms with Gasteiger partial charge in [-0.25, -0.2) is 17.5 Å². The highest BCUT2D eigenvalue weighted by Gasteiger charge is 2.32. The molecule has 1 N–H and O–H groups in total. The van der Waals surface area contributed by atoms with Gasteiger partial charge in [0.05, 0.1) is 21.8 Å². The number of hydrogen-bond acceptors (Lipinski definition) is 4. The van der Waals surface area contributed by atoms with Crippen molar-refractivity contribution < 1.29 is 35.9 Å². The van der Waals surface area contributed by atoms with Gasteiger partial charge in [-0.2, -0.15) is 13.2 Å². The Kier molecular flexibility index (Phi) is 5.94. The van der Waals surface area contributed by atoms with Crippen LogP contribution in [0, 0.1) is 6.92 Å². The number of hydrogen-bond donors (Lipinski definition) is 1. The van der Waals surface area contributed by atoms with Crippen LogP contribution < -0.4 is 4.31 Å². The average molecular weight is 554 g/mol. The van der Waals surface area contributed by atoms with Crippen molar-refractivity contribution in [3.8, 4) is 0 Å². The van der Waals surface area contributed by atoms with Crippen LogP contribution in [0.3, 0.4) is 0 Å². The number of carboxylic acid groups (broad SMARTS) is 1. The van der Waals surface area contributed by atoms with Crippen LogP contribution >= 0.6 is 15.9 Å². The summed E-state index contributed by atoms with van der Waals surface area (Å²) in [6.45, 7) is 1.54. The number of benzene rings is 3. The minimum absolute atomic E-state index is 0.149. The van der Waals surface area contributed by atoms with Crippen molar-refractivity contribution in [1.82, 2.24) is 0 Å². The van der Waals surface area contributed by atoms with Crippen molar-refractivity contribution in [2.24, 2.45) is 0 Å². The highest BCUT2D eigenvalue weighted by atomic mass is 79.9. The number of rotatable bonds is 5. The number of aromatic carboxylic acids is 1. The molecule has 0 bridgehead atoms. The van der Waals surface area contributed by atoms with Gasteiger partial charge in [0, 0.05) is 15.4 Å². The van der Waals surface area contributed by atoms with Crippen molar-refractivity contribution in [1.29, 1.82) is 0 Å². The molecule has 0 radical (unpaired) electrons. The molecule has 0 atom stereocenters. The van der Waals surface area contributed by atoms with E-state index in [-0.39, 0.29) is 27.6 Å². The summed E-state index contributed by atoms with van der Waals surface area (Å²) in [5.41, 5.74) is -0.0377. The molecule has 0 aliphatic carbocycles. The van der Waals surface area contributed by atoms with Gasteiger partial charge in [0.2, 0.25) is 5.76 Å². The predicted octanol–water partition coefficient (Wildman–Crippen LogP) is 6.75. The molecule has 0 saturated carbocycles. The molecule has 3 aromatic carbocycles. The molecule has 0 fully saturated rings. The number of fused-ring (bicyclic) bond motifs is 1. The number of sulfonamides is 1. The van der Waals surface area contributed by atoms with Crippen molar-refractivity contribution >= 4 is 54.3 Å². The lowest BCUT2D eigenvalue weighted by atomic mass is 10.1. The molecule has 0 spiro atoms. The maximum Gasteiger partial charge on any atom is 0.416 e. The van der Waals surface area contributed by atoms with E-state index in [9.17, 15) is 31.5 Å². The highest BCUT2D eigenvalue weighted by molar-refractivity contribution is 9.10. The molecule has 34 heavy (non-hydrogen) atoms. The van der Waals surface area contributed by atoms with Crippen molar-refractivity contribution in [2.45, 2.75) is 18.0 Å². The summed E-state index contributed by atoms with van der Waals surface area (Å²) in [5.74, 6) is -1.54. The minimum atomic E-state index is -4.61. The van der Waals surface area contributed by atoms with Gasteiger partial charge in [-0.05, 0) is 73.7 Å². The fraction of sp³-hybridized carbons (Fsp3) is 0.0870. The van der Waals surface area contributed by atoms with Crippen molar-refractivity contribution in [3.05, 3.63) is 88.1 Å². The lowest BCUT2D eigenvalue weighted by Gasteiger charge is -2.25. The van der Waals surface area contributed by atoms with E-state index in [4.69, 9.17) is 4.42 Å². The third-order valence-corrected chi connectivity index (χ3v) is 7.43. The smallest absolute Gasteiger partial charge is 0.416 e. The Hall–Kier alpha value is -3.31. The maximum atomic E-state index is 13.6. The predicted molar refractivity (Wildman–Crippen MR) is 123 cm³/mol. The number of anilines is 2. The van der Waals surface area contributed by atoms with Gasteiger partial charge < -0.3 is 9.52 Å². The fourth-order valence-electron chi connectivity index (χ4n) is 3.46. The van der Waals surface area contributed by atoms with Crippen molar-refractivity contribution in [3.63, 3.8) is 0 Å². The number of furan rings is 1. The third-order valence-electron chi connectivity index (χ3n) is 5.13. The van der Waals surface area contributed by atoms with E-state index < -0.39 is 27.7 Å². The first-order chi connectivity index (χ1) is 15.9. The Bertz CT molecular complexity index is 1490. The number of carbonyl (C=O) groups is 1. The van der Waals surface area contributed by atoms with Crippen LogP contribution in [0.2, 0.25) is 0 Å². The second-order valence-corrected chi connectivity index (χ2v) is 10.0. The Labute approximate surface area is 200 Å². The first kappa shape index (κ1) is 23.8. The second kappa shape index (κ2) is 8.48. The number of alkyl halides is 3. The van der Waals surface area contributed by atoms with Gasteiger partial charge in [-0.1, -0.05) is 15.9 Å². The first-order valence-corrected chi connectivity index (χ1v) is 11.9. The van der Waals surface area contributed by atoms with Crippen LogP contribution in [0.15, 0.2) is 80.5 Å². The highest BCUT2D eigenvalue weighted by Crippen LogP contribution is 2.37. The SMILES string of the molecule is Cc1c(C(=O)O)oc2ccc(N(c3ccc(Br)cc3)S(=O)(=O)c3ccc(C(F)(F)F)cc3)cc12. The zero-order valence-corrected chi connectivity index (χ0v) is 19.7. The molecular formula is C23H15BrF3NO5S. The van der Waals surface area contributed by atoms with E-state index in [1.54, 1.807) is 12.1 Å². The zero-order valence-electron chi connectivity index (χ0n) is 17.3. The summed E-state index contributed by atoms with van der Waals surface area (Å²) in [6, 6.07) is 13.8. The van der Waals surface area contributed by atoms with Crippen LogP contribution in [-0.4, -0.2) is 19.5 Å². The molecule has 4 aromatic rings. The number of nitrogens with zero attached hydrogens (tertiary/aromatic N) is 1. The van der Waals surface area contributed by atoms with E-state index in [1.165, 1.54) is 37.3 Å². The van der Waals surface area contributed by atoms with E-state index >= 15 is 0 Å². The molecule has 4 rings (SSSR count). The van der Waals surface area contributed by atoms with E-state index in [0.29, 0.717) is 27.6 Å². The largest absolute Gasteiger partial charge is 0.475 e. The summed E-state index contributed by atoms with van der Waals surface area (Å²) >= 11 is 3.29. The zero-order chi connectivity index (χ0) is 24.8. The monoisotopic (exact) mass is 553 g/mol. The molecule has 11 heteroatoms. The minimum Gasteiger partial charge on any atom is -0.475 e. The van der Waals surface area contributed by atoms with Gasteiger partial charge in [-0.15, -0.1) is 0 Å². The van der Waals surface area contributed by atoms with Gasteiger partial charge in [0.15, 0.2) is 0 Å². The average Bonchev–Trinajstić information content (AvgIpc) is 3.11. The quantitative estimate of drug-likeness (QED) is 0.295. The van der Waals surface area contributed by atoms with Gasteiger partial charge in [-0.3, -0.25) is 0 Å². The molecule has 1 aromatic heterocycles. The summed E-state index contributed by atoms with van der Waals surface area (Å²) in [4.78, 5) is 11.1. The normalized spacial score (nSPS) is 12.1. The van der Waals surface area contributed by atoms with Crippen LogP contribution in [0.1, 0.15) is 21.7 Å². The fourth-order valence-corrected chi connectivity index (χ4v) is 5.21. The lowest BCUT2D eigenvalue weighted by Crippen LogP contribution is -2.26. The molecular weight excluding hydrogens is 539 g/mol. The molecule has 0 aliphatic heterocycles.